The molecular weight excluding hydrogens is 510 g/mol. The summed E-state index contributed by atoms with van der Waals surface area (Å²) in [7, 11) is 0. The SMILES string of the molecule is [2H]c1c([2H])c(-c2c([2H])c([2H])c3c4c(c([2H])c([2H])c([2H])c24)-c2ccccc2O3)c([2H])c([2H])c1-c1ccc2c(c1)c1ccccc1n2-c1ccccc1. The molecular formula is C40H25NO. The minimum Gasteiger partial charge on any atom is -0.456 e. The summed E-state index contributed by atoms with van der Waals surface area (Å²) >= 11 is 0. The van der Waals surface area contributed by atoms with E-state index in [0.29, 0.717) is 16.9 Å². The predicted octanol–water partition coefficient (Wildman–Crippen LogP) is 11.0. The van der Waals surface area contributed by atoms with Gasteiger partial charge in [0.2, 0.25) is 0 Å². The van der Waals surface area contributed by atoms with E-state index < -0.39 is 30.2 Å². The van der Waals surface area contributed by atoms with Gasteiger partial charge in [-0.2, -0.15) is 0 Å². The highest BCUT2D eigenvalue weighted by Crippen LogP contribution is 2.48. The Balaban J connectivity index is 1.32. The fraction of sp³-hybridized carbons (Fsp3) is 0. The van der Waals surface area contributed by atoms with Crippen molar-refractivity contribution in [1.82, 2.24) is 4.57 Å². The maximum Gasteiger partial charge on any atom is 0.135 e. The van der Waals surface area contributed by atoms with Crippen LogP contribution in [0, 0.1) is 0 Å². The molecule has 9 rings (SSSR count). The van der Waals surface area contributed by atoms with Gasteiger partial charge in [-0.15, -0.1) is 0 Å². The third-order valence-electron chi connectivity index (χ3n) is 7.87. The first-order valence-corrected chi connectivity index (χ1v) is 13.6. The molecule has 0 saturated carbocycles. The van der Waals surface area contributed by atoms with Crippen LogP contribution in [0.5, 0.6) is 11.5 Å². The summed E-state index contributed by atoms with van der Waals surface area (Å²) in [5.41, 5.74) is 3.73. The zero-order valence-corrected chi connectivity index (χ0v) is 22.1. The number of rotatable bonds is 3. The largest absolute Gasteiger partial charge is 0.456 e. The van der Waals surface area contributed by atoms with Gasteiger partial charge in [0.25, 0.3) is 0 Å². The van der Waals surface area contributed by atoms with Crippen LogP contribution >= 0.6 is 0 Å². The van der Waals surface area contributed by atoms with Crippen molar-refractivity contribution in [2.45, 2.75) is 0 Å². The van der Waals surface area contributed by atoms with E-state index in [1.165, 1.54) is 0 Å². The third-order valence-corrected chi connectivity index (χ3v) is 7.87. The highest BCUT2D eigenvalue weighted by atomic mass is 16.5. The fourth-order valence-corrected chi connectivity index (χ4v) is 5.97. The Morgan fingerprint density at radius 1 is 0.476 bits per heavy atom. The number of nitrogens with zero attached hydrogens (tertiary/aromatic N) is 1. The lowest BCUT2D eigenvalue weighted by Crippen LogP contribution is -1.97. The molecule has 1 aromatic heterocycles. The smallest absolute Gasteiger partial charge is 0.135 e. The van der Waals surface area contributed by atoms with Crippen molar-refractivity contribution in [3.8, 4) is 50.6 Å². The van der Waals surface area contributed by atoms with Gasteiger partial charge in [0.15, 0.2) is 0 Å². The summed E-state index contributed by atoms with van der Waals surface area (Å²) in [6.45, 7) is 0. The van der Waals surface area contributed by atoms with Gasteiger partial charge in [0.1, 0.15) is 11.5 Å². The van der Waals surface area contributed by atoms with Gasteiger partial charge in [0, 0.05) is 27.4 Å². The quantitative estimate of drug-likeness (QED) is 0.216. The lowest BCUT2D eigenvalue weighted by atomic mass is 9.90. The second-order valence-electron chi connectivity index (χ2n) is 10.2. The van der Waals surface area contributed by atoms with Crippen LogP contribution in [0.1, 0.15) is 12.3 Å². The molecule has 0 atom stereocenters. The van der Waals surface area contributed by atoms with Crippen molar-refractivity contribution >= 4 is 32.6 Å². The molecule has 196 valence electrons. The van der Waals surface area contributed by atoms with Crippen molar-refractivity contribution in [3.63, 3.8) is 0 Å². The van der Waals surface area contributed by atoms with E-state index in [1.807, 2.05) is 66.7 Å². The van der Waals surface area contributed by atoms with Crippen LogP contribution in [0.25, 0.3) is 71.6 Å². The topological polar surface area (TPSA) is 14.2 Å². The standard InChI is InChI=1S/C40H25NO/c1-2-9-29(10-3-1)41-36-15-6-4-11-31(36)35-25-28(21-23-37(35)41)26-17-19-27(20-18-26)30-22-24-39-40-33(30)13-8-14-34(40)32-12-5-7-16-38(32)42-39/h1-25H/i8D,13D,14D,17D,18D,19D,20D,22D,24D. The van der Waals surface area contributed by atoms with Gasteiger partial charge in [-0.3, -0.25) is 0 Å². The minimum absolute atomic E-state index is 0.0276. The molecule has 0 spiro atoms. The van der Waals surface area contributed by atoms with Gasteiger partial charge in [-0.05, 0) is 75.6 Å². The summed E-state index contributed by atoms with van der Waals surface area (Å²) in [5, 5.41) is 1.97. The Kier molecular flexibility index (Phi) is 3.41. The first-order valence-electron chi connectivity index (χ1n) is 18.1. The second-order valence-corrected chi connectivity index (χ2v) is 10.2. The molecule has 0 unspecified atom stereocenters. The van der Waals surface area contributed by atoms with Crippen LogP contribution in [-0.4, -0.2) is 4.57 Å². The molecule has 42 heavy (non-hydrogen) atoms. The van der Waals surface area contributed by atoms with E-state index in [0.717, 1.165) is 27.5 Å². The van der Waals surface area contributed by atoms with Crippen molar-refractivity contribution in [2.75, 3.05) is 0 Å². The molecule has 0 radical (unpaired) electrons. The molecule has 0 fully saturated rings. The molecule has 2 nitrogen and oxygen atoms in total. The van der Waals surface area contributed by atoms with E-state index >= 15 is 0 Å². The molecule has 2 heterocycles. The summed E-state index contributed by atoms with van der Waals surface area (Å²) in [5.74, 6) is 0.291. The summed E-state index contributed by atoms with van der Waals surface area (Å²) < 4.78 is 89.7. The van der Waals surface area contributed by atoms with Crippen LogP contribution in [0.2, 0.25) is 0 Å². The number of hydrogen-bond acceptors (Lipinski definition) is 1. The predicted molar refractivity (Wildman–Crippen MR) is 175 cm³/mol. The molecule has 0 saturated heterocycles. The summed E-state index contributed by atoms with van der Waals surface area (Å²) in [6.07, 6.45) is 0. The Morgan fingerprint density at radius 3 is 2.14 bits per heavy atom. The zero-order valence-electron chi connectivity index (χ0n) is 31.1. The second kappa shape index (κ2) is 8.95. The monoisotopic (exact) mass is 544 g/mol. The molecule has 0 aliphatic carbocycles. The van der Waals surface area contributed by atoms with Gasteiger partial charge >= 0.3 is 0 Å². The highest BCUT2D eigenvalue weighted by Gasteiger charge is 2.21. The van der Waals surface area contributed by atoms with Gasteiger partial charge < -0.3 is 9.30 Å². The molecule has 0 N–H and O–H groups in total. The lowest BCUT2D eigenvalue weighted by molar-refractivity contribution is 0.487. The molecule has 1 aliphatic rings. The Hall–Kier alpha value is -5.60. The molecule has 8 aromatic rings. The number of benzene rings is 7. The maximum absolute atomic E-state index is 9.25. The van der Waals surface area contributed by atoms with Crippen LogP contribution in [0.3, 0.4) is 0 Å². The Morgan fingerprint density at radius 2 is 1.24 bits per heavy atom. The van der Waals surface area contributed by atoms with Gasteiger partial charge in [-0.25, -0.2) is 0 Å². The summed E-state index contributed by atoms with van der Waals surface area (Å²) in [4.78, 5) is 0. The molecule has 7 aromatic carbocycles. The Bertz CT molecular complexity index is 2800. The van der Waals surface area contributed by atoms with Crippen molar-refractivity contribution < 1.29 is 17.1 Å². The molecule has 0 bridgehead atoms. The molecule has 1 aliphatic heterocycles. The van der Waals surface area contributed by atoms with Crippen LogP contribution in [0.4, 0.5) is 0 Å². The van der Waals surface area contributed by atoms with E-state index in [4.69, 9.17) is 11.6 Å². The lowest BCUT2D eigenvalue weighted by Gasteiger charge is -2.22. The van der Waals surface area contributed by atoms with Gasteiger partial charge in [0.05, 0.1) is 23.4 Å². The number of aromatic nitrogens is 1. The highest BCUT2D eigenvalue weighted by molar-refractivity contribution is 6.11. The number of fused-ring (bicyclic) bond motifs is 5. The normalized spacial score (nSPS) is 15.0. The Labute approximate surface area is 256 Å². The average molecular weight is 545 g/mol. The maximum atomic E-state index is 9.25. The van der Waals surface area contributed by atoms with Crippen LogP contribution < -0.4 is 4.74 Å². The number of ether oxygens (including phenoxy) is 1. The van der Waals surface area contributed by atoms with E-state index in [9.17, 15) is 5.48 Å². The molecule has 2 heteroatoms. The van der Waals surface area contributed by atoms with E-state index in [-0.39, 0.29) is 62.9 Å². The third kappa shape index (κ3) is 3.39. The van der Waals surface area contributed by atoms with Crippen LogP contribution in [0.15, 0.2) is 151 Å². The van der Waals surface area contributed by atoms with Crippen LogP contribution in [-0.2, 0) is 0 Å². The average Bonchev–Trinajstić information content (AvgIpc) is 3.48. The van der Waals surface area contributed by atoms with Crippen molar-refractivity contribution in [3.05, 3.63) is 151 Å². The fourth-order valence-electron chi connectivity index (χ4n) is 5.97. The van der Waals surface area contributed by atoms with Crippen molar-refractivity contribution in [1.29, 1.82) is 0 Å². The minimum atomic E-state index is -0.461. The molecule has 0 amide bonds. The summed E-state index contributed by atoms with van der Waals surface area (Å²) in [6, 6.07) is 26.8. The first kappa shape index (κ1) is 16.0. The first-order chi connectivity index (χ1) is 24.6. The number of para-hydroxylation sites is 3. The van der Waals surface area contributed by atoms with E-state index in [1.54, 1.807) is 30.3 Å². The van der Waals surface area contributed by atoms with Gasteiger partial charge in [-0.1, -0.05) is 109 Å². The number of hydrogen-bond donors (Lipinski definition) is 0. The van der Waals surface area contributed by atoms with E-state index in [2.05, 4.69) is 4.57 Å². The van der Waals surface area contributed by atoms with Crippen molar-refractivity contribution in [2.24, 2.45) is 0 Å². The zero-order chi connectivity index (χ0) is 35.5.